The molecule has 32 heavy (non-hydrogen) atoms. The topological polar surface area (TPSA) is 56.8 Å². The first-order chi connectivity index (χ1) is 15.3. The summed E-state index contributed by atoms with van der Waals surface area (Å²) in [6.07, 6.45) is -3.50. The molecule has 0 radical (unpaired) electrons. The van der Waals surface area contributed by atoms with Crippen molar-refractivity contribution in [1.29, 1.82) is 0 Å². The molecule has 5 rings (SSSR count). The van der Waals surface area contributed by atoms with E-state index in [-0.39, 0.29) is 25.4 Å². The fraction of sp³-hybridized carbons (Fsp3) is 0.208. The van der Waals surface area contributed by atoms with Crippen molar-refractivity contribution in [3.8, 4) is 28.4 Å². The van der Waals surface area contributed by atoms with Crippen LogP contribution in [0.3, 0.4) is 0 Å². The summed E-state index contributed by atoms with van der Waals surface area (Å²) >= 11 is 0. The number of amides is 1. The molecule has 0 unspecified atom stereocenters. The number of halogens is 3. The van der Waals surface area contributed by atoms with Gasteiger partial charge in [0, 0.05) is 12.7 Å². The summed E-state index contributed by atoms with van der Waals surface area (Å²) in [6.45, 7) is 0.145. The molecule has 166 valence electrons. The minimum absolute atomic E-state index is 0. The molecule has 8 heteroatoms. The lowest BCUT2D eigenvalue weighted by Crippen LogP contribution is -2.27. The summed E-state index contributed by atoms with van der Waals surface area (Å²) in [5.74, 6) is 0.678. The number of hydrogen-bond acceptors (Lipinski definition) is 4. The summed E-state index contributed by atoms with van der Waals surface area (Å²) < 4.78 is 53.6. The fourth-order valence-electron chi connectivity index (χ4n) is 3.88. The molecule has 0 atom stereocenters. The average molecular weight is 443 g/mol. The number of carbonyl (C=O) groups excluding carboxylic acids is 1. The summed E-state index contributed by atoms with van der Waals surface area (Å²) in [7, 11) is 0. The van der Waals surface area contributed by atoms with Gasteiger partial charge < -0.3 is 19.5 Å². The summed E-state index contributed by atoms with van der Waals surface area (Å²) in [4.78, 5) is 13.2. The highest BCUT2D eigenvalue weighted by molar-refractivity contribution is 6.02. The molecule has 1 fully saturated rings. The second kappa shape index (κ2) is 7.47. The van der Waals surface area contributed by atoms with E-state index in [4.69, 9.17) is 9.47 Å². The van der Waals surface area contributed by atoms with Gasteiger partial charge in [-0.05, 0) is 54.3 Å². The maximum atomic E-state index is 13.2. The molecular weight excluding hydrogens is 423 g/mol. The Hall–Kier alpha value is -3.68. The SMILES string of the molecule is O=C(Nc1ccc(OC(F)(F)F)c(-c2ccccc2)c1)C1(c2ccc3c(c2)OCO3)CC1.[HH]. The Bertz CT molecular complexity index is 1180. The van der Waals surface area contributed by atoms with Crippen molar-refractivity contribution in [3.63, 3.8) is 0 Å². The highest BCUT2D eigenvalue weighted by atomic mass is 19.4. The third-order valence-corrected chi connectivity index (χ3v) is 5.66. The van der Waals surface area contributed by atoms with Crippen LogP contribution in [0.2, 0.25) is 0 Å². The van der Waals surface area contributed by atoms with Crippen molar-refractivity contribution >= 4 is 11.6 Å². The Morgan fingerprint density at radius 3 is 2.44 bits per heavy atom. The van der Waals surface area contributed by atoms with Gasteiger partial charge in [-0.1, -0.05) is 36.4 Å². The molecular formula is C24H20F3NO4. The van der Waals surface area contributed by atoms with Crippen LogP contribution in [-0.4, -0.2) is 19.1 Å². The van der Waals surface area contributed by atoms with Crippen LogP contribution in [0.4, 0.5) is 18.9 Å². The highest BCUT2D eigenvalue weighted by Gasteiger charge is 2.51. The van der Waals surface area contributed by atoms with Crippen LogP contribution in [0.5, 0.6) is 17.2 Å². The van der Waals surface area contributed by atoms with E-state index in [0.29, 0.717) is 35.6 Å². The van der Waals surface area contributed by atoms with E-state index < -0.39 is 11.8 Å². The average Bonchev–Trinajstić information content (AvgIpc) is 3.45. The Morgan fingerprint density at radius 1 is 0.969 bits per heavy atom. The second-order valence-electron chi connectivity index (χ2n) is 7.73. The number of hydrogen-bond donors (Lipinski definition) is 1. The number of rotatable bonds is 5. The summed E-state index contributed by atoms with van der Waals surface area (Å²) in [6, 6.07) is 18.1. The van der Waals surface area contributed by atoms with Crippen molar-refractivity contribution in [1.82, 2.24) is 0 Å². The van der Waals surface area contributed by atoms with E-state index in [1.54, 1.807) is 36.4 Å². The number of carbonyl (C=O) groups is 1. The van der Waals surface area contributed by atoms with Gasteiger partial charge in [-0.2, -0.15) is 0 Å². The molecule has 5 nitrogen and oxygen atoms in total. The maximum Gasteiger partial charge on any atom is 0.573 e. The van der Waals surface area contributed by atoms with Crippen molar-refractivity contribution in [2.24, 2.45) is 0 Å². The lowest BCUT2D eigenvalue weighted by atomic mass is 9.94. The van der Waals surface area contributed by atoms with Gasteiger partial charge in [0.25, 0.3) is 0 Å². The van der Waals surface area contributed by atoms with Gasteiger partial charge in [0.1, 0.15) is 5.75 Å². The number of anilines is 1. The standard InChI is InChI=1S/C24H18F3NO4.H2/c25-24(26,27)32-19-9-7-17(13-18(19)15-4-2-1-3-5-15)28-22(29)23(10-11-23)16-6-8-20-21(12-16)31-14-30-20;/h1-9,12-13H,10-11,14H2,(H,28,29);1H. The van der Waals surface area contributed by atoms with Crippen LogP contribution in [-0.2, 0) is 10.2 Å². The monoisotopic (exact) mass is 443 g/mol. The molecule has 0 bridgehead atoms. The quantitative estimate of drug-likeness (QED) is 0.534. The van der Waals surface area contributed by atoms with E-state index >= 15 is 0 Å². The van der Waals surface area contributed by atoms with Gasteiger partial charge in [-0.3, -0.25) is 4.79 Å². The zero-order valence-corrected chi connectivity index (χ0v) is 16.7. The molecule has 1 saturated carbocycles. The fourth-order valence-corrected chi connectivity index (χ4v) is 3.88. The zero-order valence-electron chi connectivity index (χ0n) is 16.7. The highest BCUT2D eigenvalue weighted by Crippen LogP contribution is 2.51. The molecule has 0 spiro atoms. The third-order valence-electron chi connectivity index (χ3n) is 5.66. The van der Waals surface area contributed by atoms with Crippen molar-refractivity contribution in [2.45, 2.75) is 24.6 Å². The van der Waals surface area contributed by atoms with Crippen LogP contribution < -0.4 is 19.5 Å². The van der Waals surface area contributed by atoms with E-state index in [2.05, 4.69) is 10.1 Å². The van der Waals surface area contributed by atoms with Gasteiger partial charge >= 0.3 is 6.36 Å². The minimum Gasteiger partial charge on any atom is -0.454 e. The Morgan fingerprint density at radius 2 is 1.72 bits per heavy atom. The number of fused-ring (bicyclic) bond motifs is 1. The summed E-state index contributed by atoms with van der Waals surface area (Å²) in [5.41, 5.74) is 1.28. The molecule has 3 aromatic rings. The molecule has 0 saturated heterocycles. The van der Waals surface area contributed by atoms with E-state index in [9.17, 15) is 18.0 Å². The number of alkyl halides is 3. The molecule has 1 aliphatic carbocycles. The molecule has 3 aromatic carbocycles. The molecule has 2 aliphatic rings. The second-order valence-corrected chi connectivity index (χ2v) is 7.73. The van der Waals surface area contributed by atoms with E-state index in [1.165, 1.54) is 18.2 Å². The predicted molar refractivity (Wildman–Crippen MR) is 113 cm³/mol. The van der Waals surface area contributed by atoms with Gasteiger partial charge in [0.15, 0.2) is 11.5 Å². The van der Waals surface area contributed by atoms with Crippen LogP contribution >= 0.6 is 0 Å². The van der Waals surface area contributed by atoms with Crippen LogP contribution in [0.25, 0.3) is 11.1 Å². The Balaban J connectivity index is 0.00000259. The first-order valence-corrected chi connectivity index (χ1v) is 10.0. The Labute approximate surface area is 183 Å². The van der Waals surface area contributed by atoms with Gasteiger partial charge in [-0.15, -0.1) is 13.2 Å². The van der Waals surface area contributed by atoms with Crippen LogP contribution in [0.1, 0.15) is 19.8 Å². The molecule has 0 aromatic heterocycles. The van der Waals surface area contributed by atoms with Crippen molar-refractivity contribution in [3.05, 3.63) is 72.3 Å². The predicted octanol–water partition coefficient (Wildman–Crippen LogP) is 5.90. The van der Waals surface area contributed by atoms with Gasteiger partial charge in [-0.25, -0.2) is 0 Å². The van der Waals surface area contributed by atoms with Crippen LogP contribution in [0.15, 0.2) is 66.7 Å². The molecule has 1 aliphatic heterocycles. The van der Waals surface area contributed by atoms with Crippen molar-refractivity contribution < 1.29 is 33.6 Å². The maximum absolute atomic E-state index is 13.2. The number of nitrogens with one attached hydrogen (secondary N) is 1. The van der Waals surface area contributed by atoms with E-state index in [0.717, 1.165) is 5.56 Å². The third kappa shape index (κ3) is 3.84. The minimum atomic E-state index is -4.83. The normalized spacial score (nSPS) is 15.8. The molecule has 1 heterocycles. The number of benzene rings is 3. The van der Waals surface area contributed by atoms with Crippen LogP contribution in [0, 0.1) is 0 Å². The van der Waals surface area contributed by atoms with Crippen molar-refractivity contribution in [2.75, 3.05) is 12.1 Å². The van der Waals surface area contributed by atoms with Gasteiger partial charge in [0.2, 0.25) is 12.7 Å². The lowest BCUT2D eigenvalue weighted by Gasteiger charge is -2.18. The van der Waals surface area contributed by atoms with Gasteiger partial charge in [0.05, 0.1) is 5.41 Å². The van der Waals surface area contributed by atoms with E-state index in [1.807, 2.05) is 12.1 Å². The largest absolute Gasteiger partial charge is 0.573 e. The first kappa shape index (κ1) is 20.2. The first-order valence-electron chi connectivity index (χ1n) is 10.0. The zero-order chi connectivity index (χ0) is 22.3. The molecule has 1 N–H and O–H groups in total. The number of ether oxygens (including phenoxy) is 3. The smallest absolute Gasteiger partial charge is 0.454 e. The molecule has 1 amide bonds. The Kier molecular flexibility index (Phi) is 4.73. The lowest BCUT2D eigenvalue weighted by molar-refractivity contribution is -0.274. The summed E-state index contributed by atoms with van der Waals surface area (Å²) in [5, 5.41) is 2.86.